The molecule has 0 heterocycles. The Balaban J connectivity index is 2.70. The number of hydrogen-bond acceptors (Lipinski definition) is 0. The van der Waals surface area contributed by atoms with Crippen molar-refractivity contribution >= 4 is 15.9 Å². The molecule has 1 fully saturated rings. The monoisotopic (exact) mass is 258 g/mol. The molecule has 1 aliphatic rings. The Bertz CT molecular complexity index is 197. The summed E-state index contributed by atoms with van der Waals surface area (Å²) in [6.07, 6.45) is 9.59. The normalized spacial score (nSPS) is 22.8. The molecule has 0 nitrogen and oxygen atoms in total. The second-order valence-electron chi connectivity index (χ2n) is 5.22. The molecule has 0 aromatic heterocycles. The second kappa shape index (κ2) is 5.34. The highest BCUT2D eigenvalue weighted by Crippen LogP contribution is 2.38. The van der Waals surface area contributed by atoms with Crippen molar-refractivity contribution in [2.75, 3.05) is 5.33 Å². The van der Waals surface area contributed by atoms with Gasteiger partial charge < -0.3 is 0 Å². The van der Waals surface area contributed by atoms with Gasteiger partial charge >= 0.3 is 0 Å². The minimum Gasteiger partial charge on any atom is -0.0880 e. The van der Waals surface area contributed by atoms with E-state index in [0.717, 1.165) is 5.33 Å². The van der Waals surface area contributed by atoms with Crippen molar-refractivity contribution in [3.8, 4) is 0 Å². The van der Waals surface area contributed by atoms with Crippen LogP contribution in [0.3, 0.4) is 0 Å². The molecule has 0 unspecified atom stereocenters. The summed E-state index contributed by atoms with van der Waals surface area (Å²) in [5.74, 6) is 0.688. The van der Waals surface area contributed by atoms with E-state index in [-0.39, 0.29) is 0 Å². The van der Waals surface area contributed by atoms with Gasteiger partial charge in [-0.15, -0.1) is 0 Å². The molecule has 82 valence electrons. The third-order valence-electron chi connectivity index (χ3n) is 3.43. The quantitative estimate of drug-likeness (QED) is 0.497. The summed E-state index contributed by atoms with van der Waals surface area (Å²) in [7, 11) is 0. The summed E-state index contributed by atoms with van der Waals surface area (Å²) in [5.41, 5.74) is 2.07. The molecule has 1 heteroatoms. The molecule has 1 saturated carbocycles. The van der Waals surface area contributed by atoms with Gasteiger partial charge in [0.05, 0.1) is 0 Å². The number of rotatable bonds is 3. The highest BCUT2D eigenvalue weighted by Gasteiger charge is 2.25. The van der Waals surface area contributed by atoms with Crippen molar-refractivity contribution in [3.05, 3.63) is 11.6 Å². The zero-order chi connectivity index (χ0) is 10.6. The Morgan fingerprint density at radius 2 is 1.86 bits per heavy atom. The smallest absolute Gasteiger partial charge is 0.0244 e. The fraction of sp³-hybridized carbons (Fsp3) is 0.846. The maximum atomic E-state index is 3.60. The van der Waals surface area contributed by atoms with E-state index in [2.05, 4.69) is 42.8 Å². The maximum absolute atomic E-state index is 3.60. The van der Waals surface area contributed by atoms with E-state index < -0.39 is 0 Å². The minimum absolute atomic E-state index is 0.492. The first-order chi connectivity index (χ1) is 6.57. The van der Waals surface area contributed by atoms with Crippen LogP contribution in [-0.4, -0.2) is 5.33 Å². The van der Waals surface area contributed by atoms with Crippen LogP contribution in [0.4, 0.5) is 0 Å². The molecule has 0 aromatic rings. The van der Waals surface area contributed by atoms with E-state index in [0.29, 0.717) is 11.3 Å². The largest absolute Gasteiger partial charge is 0.0880 e. The van der Waals surface area contributed by atoms with Crippen LogP contribution in [0.15, 0.2) is 11.6 Å². The minimum atomic E-state index is 0.492. The van der Waals surface area contributed by atoms with Crippen LogP contribution >= 0.6 is 15.9 Å². The van der Waals surface area contributed by atoms with Crippen LogP contribution in [0.5, 0.6) is 0 Å². The van der Waals surface area contributed by atoms with Crippen LogP contribution in [-0.2, 0) is 0 Å². The molecule has 14 heavy (non-hydrogen) atoms. The highest BCUT2D eigenvalue weighted by molar-refractivity contribution is 9.09. The SMILES string of the molecule is CC(C)/C(=C/C1(C)CCCCC1)CBr. The van der Waals surface area contributed by atoms with Crippen molar-refractivity contribution in [1.29, 1.82) is 0 Å². The first kappa shape index (κ1) is 12.3. The van der Waals surface area contributed by atoms with Crippen LogP contribution in [0, 0.1) is 11.3 Å². The molecule has 0 radical (unpaired) electrons. The van der Waals surface area contributed by atoms with E-state index in [1.165, 1.54) is 32.1 Å². The van der Waals surface area contributed by atoms with Gasteiger partial charge in [-0.2, -0.15) is 0 Å². The Labute approximate surface area is 97.3 Å². The summed E-state index contributed by atoms with van der Waals surface area (Å²) in [5, 5.41) is 1.04. The molecular weight excluding hydrogens is 236 g/mol. The second-order valence-corrected chi connectivity index (χ2v) is 5.78. The van der Waals surface area contributed by atoms with Gasteiger partial charge in [-0.25, -0.2) is 0 Å². The molecule has 1 rings (SSSR count). The maximum Gasteiger partial charge on any atom is 0.0244 e. The third kappa shape index (κ3) is 3.42. The topological polar surface area (TPSA) is 0 Å². The molecule has 0 spiro atoms. The van der Waals surface area contributed by atoms with Gasteiger partial charge in [-0.1, -0.05) is 67.6 Å². The van der Waals surface area contributed by atoms with Crippen LogP contribution in [0.25, 0.3) is 0 Å². The Kier molecular flexibility index (Phi) is 4.69. The van der Waals surface area contributed by atoms with Gasteiger partial charge in [0.15, 0.2) is 0 Å². The van der Waals surface area contributed by atoms with E-state index >= 15 is 0 Å². The molecule has 0 aromatic carbocycles. The lowest BCUT2D eigenvalue weighted by Crippen LogP contribution is -2.18. The zero-order valence-electron chi connectivity index (χ0n) is 9.78. The lowest BCUT2D eigenvalue weighted by Gasteiger charge is -2.32. The predicted octanol–water partition coefficient (Wildman–Crippen LogP) is 4.93. The summed E-state index contributed by atoms with van der Waals surface area (Å²) in [6, 6.07) is 0. The third-order valence-corrected chi connectivity index (χ3v) is 4.07. The summed E-state index contributed by atoms with van der Waals surface area (Å²) >= 11 is 3.60. The number of alkyl halides is 1. The van der Waals surface area contributed by atoms with E-state index in [1.807, 2.05) is 0 Å². The van der Waals surface area contributed by atoms with Crippen molar-refractivity contribution in [2.24, 2.45) is 11.3 Å². The van der Waals surface area contributed by atoms with Crippen molar-refractivity contribution in [2.45, 2.75) is 52.9 Å². The predicted molar refractivity (Wildman–Crippen MR) is 67.9 cm³/mol. The number of allylic oxidation sites excluding steroid dienone is 2. The highest BCUT2D eigenvalue weighted by atomic mass is 79.9. The van der Waals surface area contributed by atoms with Crippen molar-refractivity contribution in [1.82, 2.24) is 0 Å². The fourth-order valence-corrected chi connectivity index (χ4v) is 3.12. The molecule has 0 bridgehead atoms. The number of halogens is 1. The number of hydrogen-bond donors (Lipinski definition) is 0. The van der Waals surface area contributed by atoms with E-state index in [4.69, 9.17) is 0 Å². The molecule has 0 atom stereocenters. The average molecular weight is 259 g/mol. The van der Waals surface area contributed by atoms with Crippen LogP contribution in [0.2, 0.25) is 0 Å². The average Bonchev–Trinajstić information content (AvgIpc) is 2.15. The van der Waals surface area contributed by atoms with Gasteiger partial charge in [0.1, 0.15) is 0 Å². The van der Waals surface area contributed by atoms with Gasteiger partial charge in [0.25, 0.3) is 0 Å². The van der Waals surface area contributed by atoms with Crippen LogP contribution < -0.4 is 0 Å². The molecule has 1 aliphatic carbocycles. The van der Waals surface area contributed by atoms with Gasteiger partial charge in [0, 0.05) is 5.33 Å². The molecule has 0 amide bonds. The van der Waals surface area contributed by atoms with Crippen molar-refractivity contribution in [3.63, 3.8) is 0 Å². The molecule has 0 saturated heterocycles. The first-order valence-corrected chi connectivity index (χ1v) is 6.97. The van der Waals surface area contributed by atoms with Gasteiger partial charge in [-0.3, -0.25) is 0 Å². The summed E-state index contributed by atoms with van der Waals surface area (Å²) < 4.78 is 0. The molecule has 0 aliphatic heterocycles. The zero-order valence-corrected chi connectivity index (χ0v) is 11.4. The lowest BCUT2D eigenvalue weighted by molar-refractivity contribution is 0.283. The fourth-order valence-electron chi connectivity index (χ4n) is 2.31. The lowest BCUT2D eigenvalue weighted by atomic mass is 9.74. The Hall–Kier alpha value is 0.220. The Morgan fingerprint density at radius 3 is 2.29 bits per heavy atom. The Morgan fingerprint density at radius 1 is 1.29 bits per heavy atom. The van der Waals surface area contributed by atoms with Gasteiger partial charge in [-0.05, 0) is 24.2 Å². The summed E-state index contributed by atoms with van der Waals surface area (Å²) in [6.45, 7) is 7.01. The van der Waals surface area contributed by atoms with E-state index in [1.54, 1.807) is 5.57 Å². The first-order valence-electron chi connectivity index (χ1n) is 5.85. The van der Waals surface area contributed by atoms with E-state index in [9.17, 15) is 0 Å². The molecule has 0 N–H and O–H groups in total. The summed E-state index contributed by atoms with van der Waals surface area (Å²) in [4.78, 5) is 0. The standard InChI is InChI=1S/C13H23Br/c1-11(2)12(10-14)9-13(3)7-5-4-6-8-13/h9,11H,4-8,10H2,1-3H3/b12-9+. The van der Waals surface area contributed by atoms with Gasteiger partial charge in [0.2, 0.25) is 0 Å². The van der Waals surface area contributed by atoms with Crippen molar-refractivity contribution < 1.29 is 0 Å². The molecular formula is C13H23Br. The van der Waals surface area contributed by atoms with Crippen LogP contribution in [0.1, 0.15) is 52.9 Å².